The molecule has 0 radical (unpaired) electrons. The van der Waals surface area contributed by atoms with E-state index in [9.17, 15) is 0 Å². The summed E-state index contributed by atoms with van der Waals surface area (Å²) in [6.07, 6.45) is 0. The fourth-order valence-corrected chi connectivity index (χ4v) is 1.11. The standard InChI is InChI=1S/C8H10ClN3O/c1-13-6-4-2-3-5(9)7(6)12-8(10)11/h2-4H,1H3,(H4,10,11,12). The van der Waals surface area contributed by atoms with Crippen LogP contribution in [0.4, 0.5) is 5.69 Å². The Kier molecular flexibility index (Phi) is 2.97. The minimum Gasteiger partial charge on any atom is -0.494 e. The summed E-state index contributed by atoms with van der Waals surface area (Å²) in [5.41, 5.74) is 10.9. The Balaban J connectivity index is 3.23. The lowest BCUT2D eigenvalue weighted by Crippen LogP contribution is -2.22. The Hall–Kier alpha value is -1.42. The lowest BCUT2D eigenvalue weighted by molar-refractivity contribution is 0.416. The molecule has 1 aromatic rings. The van der Waals surface area contributed by atoms with Crippen LogP contribution in [0.25, 0.3) is 0 Å². The van der Waals surface area contributed by atoms with Gasteiger partial charge in [-0.2, -0.15) is 0 Å². The van der Waals surface area contributed by atoms with Crippen LogP contribution >= 0.6 is 11.6 Å². The van der Waals surface area contributed by atoms with E-state index in [1.807, 2.05) is 0 Å². The highest BCUT2D eigenvalue weighted by Gasteiger charge is 2.05. The molecule has 0 aliphatic carbocycles. The third kappa shape index (κ3) is 2.26. The zero-order valence-corrected chi connectivity index (χ0v) is 7.88. The molecular weight excluding hydrogens is 190 g/mol. The minimum atomic E-state index is -0.0496. The van der Waals surface area contributed by atoms with E-state index in [2.05, 4.69) is 4.99 Å². The van der Waals surface area contributed by atoms with Crippen LogP contribution in [0.1, 0.15) is 0 Å². The van der Waals surface area contributed by atoms with Crippen molar-refractivity contribution in [2.75, 3.05) is 7.11 Å². The van der Waals surface area contributed by atoms with E-state index in [0.717, 1.165) is 0 Å². The molecule has 0 bridgehead atoms. The maximum absolute atomic E-state index is 5.85. The van der Waals surface area contributed by atoms with Gasteiger partial charge < -0.3 is 16.2 Å². The number of ether oxygens (including phenoxy) is 1. The summed E-state index contributed by atoms with van der Waals surface area (Å²) in [4.78, 5) is 3.85. The number of nitrogens with zero attached hydrogens (tertiary/aromatic N) is 1. The highest BCUT2D eigenvalue weighted by atomic mass is 35.5. The smallest absolute Gasteiger partial charge is 0.191 e. The molecule has 0 atom stereocenters. The lowest BCUT2D eigenvalue weighted by atomic mass is 10.3. The highest BCUT2D eigenvalue weighted by molar-refractivity contribution is 6.33. The Morgan fingerprint density at radius 3 is 2.69 bits per heavy atom. The van der Waals surface area contributed by atoms with E-state index in [1.54, 1.807) is 18.2 Å². The second-order valence-electron chi connectivity index (χ2n) is 2.33. The van der Waals surface area contributed by atoms with Crippen molar-refractivity contribution in [1.82, 2.24) is 0 Å². The summed E-state index contributed by atoms with van der Waals surface area (Å²) in [6.45, 7) is 0. The molecule has 0 saturated carbocycles. The number of halogens is 1. The zero-order valence-electron chi connectivity index (χ0n) is 7.12. The number of aliphatic imine (C=N–C) groups is 1. The average Bonchev–Trinajstić information content (AvgIpc) is 2.08. The number of nitrogens with two attached hydrogens (primary N) is 2. The summed E-state index contributed by atoms with van der Waals surface area (Å²) in [5, 5.41) is 0.452. The van der Waals surface area contributed by atoms with Crippen molar-refractivity contribution in [2.24, 2.45) is 16.5 Å². The quantitative estimate of drug-likeness (QED) is 0.556. The van der Waals surface area contributed by atoms with Gasteiger partial charge in [-0.1, -0.05) is 17.7 Å². The van der Waals surface area contributed by atoms with E-state index in [4.69, 9.17) is 27.8 Å². The Labute approximate surface area is 81.2 Å². The van der Waals surface area contributed by atoms with Crippen molar-refractivity contribution in [1.29, 1.82) is 0 Å². The Morgan fingerprint density at radius 2 is 2.15 bits per heavy atom. The van der Waals surface area contributed by atoms with Crippen LogP contribution in [0.3, 0.4) is 0 Å². The lowest BCUT2D eigenvalue weighted by Gasteiger charge is -2.05. The average molecular weight is 200 g/mol. The van der Waals surface area contributed by atoms with E-state index in [-0.39, 0.29) is 5.96 Å². The first-order valence-corrected chi connectivity index (χ1v) is 3.95. The van der Waals surface area contributed by atoms with E-state index in [0.29, 0.717) is 16.5 Å². The van der Waals surface area contributed by atoms with Gasteiger partial charge in [-0.05, 0) is 12.1 Å². The SMILES string of the molecule is COc1cccc(Cl)c1N=C(N)N. The number of para-hydroxylation sites is 1. The second kappa shape index (κ2) is 4.00. The van der Waals surface area contributed by atoms with Crippen LogP contribution in [0.2, 0.25) is 5.02 Å². The van der Waals surface area contributed by atoms with Gasteiger partial charge in [-0.15, -0.1) is 0 Å². The number of methoxy groups -OCH3 is 1. The molecule has 5 heteroatoms. The van der Waals surface area contributed by atoms with Crippen molar-refractivity contribution >= 4 is 23.2 Å². The van der Waals surface area contributed by atoms with Gasteiger partial charge in [0.25, 0.3) is 0 Å². The maximum atomic E-state index is 5.85. The van der Waals surface area contributed by atoms with Crippen LogP contribution in [0.5, 0.6) is 5.75 Å². The normalized spacial score (nSPS) is 9.38. The molecule has 1 rings (SSSR count). The van der Waals surface area contributed by atoms with Crippen LogP contribution in [-0.2, 0) is 0 Å². The molecule has 0 spiro atoms. The first-order valence-electron chi connectivity index (χ1n) is 3.57. The van der Waals surface area contributed by atoms with E-state index >= 15 is 0 Å². The molecule has 0 aromatic heterocycles. The zero-order chi connectivity index (χ0) is 9.84. The van der Waals surface area contributed by atoms with Crippen molar-refractivity contribution in [3.8, 4) is 5.75 Å². The first kappa shape index (κ1) is 9.67. The van der Waals surface area contributed by atoms with Crippen molar-refractivity contribution in [2.45, 2.75) is 0 Å². The van der Waals surface area contributed by atoms with Crippen LogP contribution in [-0.4, -0.2) is 13.1 Å². The topological polar surface area (TPSA) is 73.6 Å². The minimum absolute atomic E-state index is 0.0496. The highest BCUT2D eigenvalue weighted by Crippen LogP contribution is 2.34. The molecule has 4 N–H and O–H groups in total. The van der Waals surface area contributed by atoms with Gasteiger partial charge in [0.1, 0.15) is 11.4 Å². The van der Waals surface area contributed by atoms with E-state index < -0.39 is 0 Å². The first-order chi connectivity index (χ1) is 6.15. The van der Waals surface area contributed by atoms with Crippen LogP contribution < -0.4 is 16.2 Å². The van der Waals surface area contributed by atoms with Crippen molar-refractivity contribution in [3.05, 3.63) is 23.2 Å². The van der Waals surface area contributed by atoms with Crippen molar-refractivity contribution in [3.63, 3.8) is 0 Å². The largest absolute Gasteiger partial charge is 0.494 e. The predicted molar refractivity (Wildman–Crippen MR) is 53.5 cm³/mol. The third-order valence-corrected chi connectivity index (χ3v) is 1.72. The van der Waals surface area contributed by atoms with E-state index in [1.165, 1.54) is 7.11 Å². The van der Waals surface area contributed by atoms with Crippen molar-refractivity contribution < 1.29 is 4.74 Å². The molecule has 0 fully saturated rings. The van der Waals surface area contributed by atoms with Gasteiger partial charge in [0.2, 0.25) is 0 Å². The monoisotopic (exact) mass is 199 g/mol. The van der Waals surface area contributed by atoms with Gasteiger partial charge in [0, 0.05) is 0 Å². The maximum Gasteiger partial charge on any atom is 0.191 e. The molecule has 0 heterocycles. The fraction of sp³-hybridized carbons (Fsp3) is 0.125. The van der Waals surface area contributed by atoms with Gasteiger partial charge in [0.15, 0.2) is 5.96 Å². The molecule has 0 unspecified atom stereocenters. The molecule has 13 heavy (non-hydrogen) atoms. The summed E-state index contributed by atoms with van der Waals surface area (Å²) in [5.74, 6) is 0.493. The number of hydrogen-bond acceptors (Lipinski definition) is 2. The van der Waals surface area contributed by atoms with Crippen LogP contribution in [0, 0.1) is 0 Å². The van der Waals surface area contributed by atoms with Gasteiger partial charge >= 0.3 is 0 Å². The number of rotatable bonds is 2. The fourth-order valence-electron chi connectivity index (χ4n) is 0.898. The molecule has 1 aromatic carbocycles. The summed E-state index contributed by atoms with van der Waals surface area (Å²) in [7, 11) is 1.53. The number of benzene rings is 1. The molecule has 0 amide bonds. The molecular formula is C8H10ClN3O. The number of hydrogen-bond donors (Lipinski definition) is 2. The van der Waals surface area contributed by atoms with Crippen LogP contribution in [0.15, 0.2) is 23.2 Å². The summed E-state index contributed by atoms with van der Waals surface area (Å²) < 4.78 is 5.02. The van der Waals surface area contributed by atoms with Gasteiger partial charge in [0.05, 0.1) is 12.1 Å². The Morgan fingerprint density at radius 1 is 1.46 bits per heavy atom. The summed E-state index contributed by atoms with van der Waals surface area (Å²) >= 11 is 5.85. The van der Waals surface area contributed by atoms with Gasteiger partial charge in [-0.3, -0.25) is 0 Å². The van der Waals surface area contributed by atoms with Gasteiger partial charge in [-0.25, -0.2) is 4.99 Å². The molecule has 70 valence electrons. The Bertz CT molecular complexity index is 334. The summed E-state index contributed by atoms with van der Waals surface area (Å²) in [6, 6.07) is 5.17. The molecule has 4 nitrogen and oxygen atoms in total. The predicted octanol–water partition coefficient (Wildman–Crippen LogP) is 1.25. The molecule has 0 aliphatic rings. The second-order valence-corrected chi connectivity index (χ2v) is 2.73. The molecule has 0 saturated heterocycles. The molecule has 0 aliphatic heterocycles. The number of guanidine groups is 1. The third-order valence-electron chi connectivity index (χ3n) is 1.41.